The summed E-state index contributed by atoms with van der Waals surface area (Å²) >= 11 is 1.51. The SMILES string of the molecule is COCCCn1c(SCc2ccc(C(=O)Nc3ccccc3)cc2)nc2ccccc2c1=O. The van der Waals surface area contributed by atoms with E-state index in [1.165, 1.54) is 11.8 Å². The van der Waals surface area contributed by atoms with Crippen LogP contribution in [0.4, 0.5) is 5.69 Å². The number of hydrogen-bond donors (Lipinski definition) is 1. The number of carbonyl (C=O) groups excluding carboxylic acids is 1. The minimum Gasteiger partial charge on any atom is -0.385 e. The quantitative estimate of drug-likeness (QED) is 0.217. The average molecular weight is 460 g/mol. The number of thioether (sulfide) groups is 1. The van der Waals surface area contributed by atoms with E-state index in [-0.39, 0.29) is 11.5 Å². The summed E-state index contributed by atoms with van der Waals surface area (Å²) in [6, 6.07) is 24.3. The van der Waals surface area contributed by atoms with Gasteiger partial charge in [-0.2, -0.15) is 0 Å². The van der Waals surface area contributed by atoms with Crippen LogP contribution in [0.25, 0.3) is 10.9 Å². The third-order valence-electron chi connectivity index (χ3n) is 5.17. The van der Waals surface area contributed by atoms with Crippen molar-refractivity contribution in [2.24, 2.45) is 0 Å². The van der Waals surface area contributed by atoms with E-state index in [0.717, 1.165) is 17.7 Å². The van der Waals surface area contributed by atoms with Crippen molar-refractivity contribution in [3.8, 4) is 0 Å². The highest BCUT2D eigenvalue weighted by Gasteiger charge is 2.12. The molecule has 33 heavy (non-hydrogen) atoms. The van der Waals surface area contributed by atoms with Crippen LogP contribution in [0.3, 0.4) is 0 Å². The van der Waals surface area contributed by atoms with Gasteiger partial charge in [-0.1, -0.05) is 54.2 Å². The zero-order valence-corrected chi connectivity index (χ0v) is 19.2. The Morgan fingerprint density at radius 2 is 1.73 bits per heavy atom. The fourth-order valence-electron chi connectivity index (χ4n) is 3.45. The number of carbonyl (C=O) groups is 1. The van der Waals surface area contributed by atoms with Gasteiger partial charge in [-0.05, 0) is 48.4 Å². The molecule has 1 amide bonds. The monoisotopic (exact) mass is 459 g/mol. The van der Waals surface area contributed by atoms with Gasteiger partial charge in [0.05, 0.1) is 10.9 Å². The largest absolute Gasteiger partial charge is 0.385 e. The third kappa shape index (κ3) is 5.69. The van der Waals surface area contributed by atoms with Crippen molar-refractivity contribution < 1.29 is 9.53 Å². The number of rotatable bonds is 9. The summed E-state index contributed by atoms with van der Waals surface area (Å²) in [7, 11) is 1.65. The summed E-state index contributed by atoms with van der Waals surface area (Å²) in [5.41, 5.74) is 3.05. The van der Waals surface area contributed by atoms with Gasteiger partial charge in [0.1, 0.15) is 0 Å². The van der Waals surface area contributed by atoms with E-state index in [9.17, 15) is 9.59 Å². The lowest BCUT2D eigenvalue weighted by Gasteiger charge is -2.13. The van der Waals surface area contributed by atoms with Crippen LogP contribution in [0.1, 0.15) is 22.3 Å². The molecule has 0 saturated heterocycles. The summed E-state index contributed by atoms with van der Waals surface area (Å²) in [4.78, 5) is 30.3. The lowest BCUT2D eigenvalue weighted by Crippen LogP contribution is -2.24. The van der Waals surface area contributed by atoms with Gasteiger partial charge in [0.2, 0.25) is 0 Å². The van der Waals surface area contributed by atoms with E-state index in [4.69, 9.17) is 9.72 Å². The number of aromatic nitrogens is 2. The number of benzene rings is 3. The van der Waals surface area contributed by atoms with Crippen LogP contribution in [0.5, 0.6) is 0 Å². The smallest absolute Gasteiger partial charge is 0.262 e. The number of hydrogen-bond acceptors (Lipinski definition) is 5. The summed E-state index contributed by atoms with van der Waals surface area (Å²) in [6.45, 7) is 1.13. The van der Waals surface area contributed by atoms with Crippen LogP contribution < -0.4 is 10.9 Å². The predicted octanol–water partition coefficient (Wildman–Crippen LogP) is 4.98. The van der Waals surface area contributed by atoms with Gasteiger partial charge in [-0.25, -0.2) is 4.98 Å². The molecule has 0 aliphatic rings. The first-order chi connectivity index (χ1) is 16.2. The summed E-state index contributed by atoms with van der Waals surface area (Å²) < 4.78 is 6.88. The molecule has 0 fully saturated rings. The van der Waals surface area contributed by atoms with E-state index < -0.39 is 0 Å². The van der Waals surface area contributed by atoms with Crippen LogP contribution in [0, 0.1) is 0 Å². The molecule has 1 heterocycles. The first-order valence-electron chi connectivity index (χ1n) is 10.7. The normalized spacial score (nSPS) is 10.9. The standard InChI is InChI=1S/C26H25N3O3S/c1-32-17-7-16-29-25(31)22-10-5-6-11-23(22)28-26(29)33-18-19-12-14-20(15-13-19)24(30)27-21-8-3-2-4-9-21/h2-6,8-15H,7,16-18H2,1H3,(H,27,30). The van der Waals surface area contributed by atoms with Crippen molar-refractivity contribution in [2.45, 2.75) is 23.9 Å². The number of para-hydroxylation sites is 2. The Hall–Kier alpha value is -3.42. The number of nitrogens with one attached hydrogen (secondary N) is 1. The van der Waals surface area contributed by atoms with Crippen molar-refractivity contribution in [3.05, 3.63) is 100 Å². The van der Waals surface area contributed by atoms with Crippen molar-refractivity contribution in [3.63, 3.8) is 0 Å². The van der Waals surface area contributed by atoms with Gasteiger partial charge < -0.3 is 10.1 Å². The number of fused-ring (bicyclic) bond motifs is 1. The summed E-state index contributed by atoms with van der Waals surface area (Å²) in [5, 5.41) is 4.19. The fourth-order valence-corrected chi connectivity index (χ4v) is 4.43. The molecule has 0 radical (unpaired) electrons. The highest BCUT2D eigenvalue weighted by molar-refractivity contribution is 7.98. The molecular weight excluding hydrogens is 434 g/mol. The molecule has 0 saturated carbocycles. The minimum absolute atomic E-state index is 0.0351. The summed E-state index contributed by atoms with van der Waals surface area (Å²) in [6.07, 6.45) is 0.731. The molecular formula is C26H25N3O3S. The molecule has 0 atom stereocenters. The Bertz CT molecular complexity index is 1290. The Morgan fingerprint density at radius 3 is 2.48 bits per heavy atom. The molecule has 168 valence electrons. The minimum atomic E-state index is -0.149. The number of ether oxygens (including phenoxy) is 1. The van der Waals surface area contributed by atoms with Gasteiger partial charge in [-0.15, -0.1) is 0 Å². The van der Waals surface area contributed by atoms with Gasteiger partial charge in [0.15, 0.2) is 5.16 Å². The molecule has 0 bridgehead atoms. The van der Waals surface area contributed by atoms with Crippen LogP contribution in [0.15, 0.2) is 88.8 Å². The van der Waals surface area contributed by atoms with Crippen molar-refractivity contribution in [2.75, 3.05) is 19.0 Å². The zero-order chi connectivity index (χ0) is 23.0. The molecule has 0 unspecified atom stereocenters. The number of anilines is 1. The fraction of sp³-hybridized carbons (Fsp3) is 0.192. The van der Waals surface area contributed by atoms with Gasteiger partial charge in [0, 0.05) is 37.3 Å². The van der Waals surface area contributed by atoms with Crippen molar-refractivity contribution in [1.29, 1.82) is 0 Å². The molecule has 4 rings (SSSR count). The Kier molecular flexibility index (Phi) is 7.55. The van der Waals surface area contributed by atoms with Crippen LogP contribution in [-0.2, 0) is 17.0 Å². The van der Waals surface area contributed by atoms with Crippen molar-refractivity contribution in [1.82, 2.24) is 9.55 Å². The molecule has 1 N–H and O–H groups in total. The molecule has 1 aromatic heterocycles. The molecule has 4 aromatic rings. The predicted molar refractivity (Wildman–Crippen MR) is 133 cm³/mol. The van der Waals surface area contributed by atoms with E-state index in [1.807, 2.05) is 78.9 Å². The lowest BCUT2D eigenvalue weighted by atomic mass is 10.1. The topological polar surface area (TPSA) is 73.2 Å². The molecule has 0 spiro atoms. The molecule has 3 aromatic carbocycles. The van der Waals surface area contributed by atoms with E-state index in [0.29, 0.717) is 40.5 Å². The molecule has 6 nitrogen and oxygen atoms in total. The lowest BCUT2D eigenvalue weighted by molar-refractivity contribution is 0.102. The molecule has 0 aliphatic carbocycles. The van der Waals surface area contributed by atoms with E-state index in [1.54, 1.807) is 11.7 Å². The third-order valence-corrected chi connectivity index (χ3v) is 6.22. The van der Waals surface area contributed by atoms with Gasteiger partial charge in [0.25, 0.3) is 11.5 Å². The summed E-state index contributed by atoms with van der Waals surface area (Å²) in [5.74, 6) is 0.485. The highest BCUT2D eigenvalue weighted by Crippen LogP contribution is 2.23. The number of methoxy groups -OCH3 is 1. The maximum Gasteiger partial charge on any atom is 0.262 e. The van der Waals surface area contributed by atoms with Gasteiger partial charge >= 0.3 is 0 Å². The van der Waals surface area contributed by atoms with Gasteiger partial charge in [-0.3, -0.25) is 14.2 Å². The Morgan fingerprint density at radius 1 is 1.00 bits per heavy atom. The second-order valence-electron chi connectivity index (χ2n) is 7.52. The van der Waals surface area contributed by atoms with E-state index >= 15 is 0 Å². The number of nitrogens with zero attached hydrogens (tertiary/aromatic N) is 2. The number of amides is 1. The van der Waals surface area contributed by atoms with Crippen LogP contribution in [-0.4, -0.2) is 29.2 Å². The Balaban J connectivity index is 1.49. The maximum absolute atomic E-state index is 13.0. The second kappa shape index (κ2) is 10.9. The average Bonchev–Trinajstić information content (AvgIpc) is 2.85. The van der Waals surface area contributed by atoms with Crippen LogP contribution in [0.2, 0.25) is 0 Å². The Labute approximate surface area is 196 Å². The molecule has 7 heteroatoms. The first kappa shape index (κ1) is 22.8. The first-order valence-corrected chi connectivity index (χ1v) is 11.7. The second-order valence-corrected chi connectivity index (χ2v) is 8.46. The van der Waals surface area contributed by atoms with Crippen molar-refractivity contribution >= 4 is 34.3 Å². The zero-order valence-electron chi connectivity index (χ0n) is 18.4. The van der Waals surface area contributed by atoms with E-state index in [2.05, 4.69) is 5.32 Å². The van der Waals surface area contributed by atoms with Crippen LogP contribution >= 0.6 is 11.8 Å². The maximum atomic E-state index is 13.0. The highest BCUT2D eigenvalue weighted by atomic mass is 32.2. The molecule has 0 aliphatic heterocycles.